The van der Waals surface area contributed by atoms with Crippen molar-refractivity contribution in [1.82, 2.24) is 0 Å². The lowest BCUT2D eigenvalue weighted by Crippen LogP contribution is -2.46. The van der Waals surface area contributed by atoms with E-state index < -0.39 is 13.8 Å². The molecule has 6 aromatic carbocycles. The monoisotopic (exact) mass is 760 g/mol. The molecular formula is C54H58B2O2. The zero-order valence-electron chi connectivity index (χ0n) is 36.6. The van der Waals surface area contributed by atoms with Crippen LogP contribution in [0.1, 0.15) is 108 Å². The molecule has 6 aromatic rings. The first-order chi connectivity index (χ1) is 27.3. The standard InChI is InChI=1S/2C27H29BO/c2*1-19-17-20(2)26(21(3)18-19)28(29)25-10-8-7-9-23(25)14-11-22-12-15-24(16-13-22)27(4,5)6/h2*7-10,12-13,15-18,29H,1-6H3. The lowest BCUT2D eigenvalue weighted by Gasteiger charge is -2.18. The summed E-state index contributed by atoms with van der Waals surface area (Å²) in [7, 11) is 0. The van der Waals surface area contributed by atoms with E-state index in [1.54, 1.807) is 0 Å². The molecule has 0 heterocycles. The Balaban J connectivity index is 0.000000221. The van der Waals surface area contributed by atoms with Crippen molar-refractivity contribution in [3.8, 4) is 23.7 Å². The lowest BCUT2D eigenvalue weighted by atomic mass is 9.52. The third kappa shape index (κ3) is 10.9. The van der Waals surface area contributed by atoms with Gasteiger partial charge in [-0.25, -0.2) is 0 Å². The summed E-state index contributed by atoms with van der Waals surface area (Å²) in [6, 6.07) is 41.1. The van der Waals surface area contributed by atoms with Gasteiger partial charge in [-0.2, -0.15) is 0 Å². The van der Waals surface area contributed by atoms with Gasteiger partial charge in [-0.05, 0) is 122 Å². The number of hydrogen-bond acceptors (Lipinski definition) is 2. The molecule has 0 aliphatic heterocycles. The average molecular weight is 761 g/mol. The van der Waals surface area contributed by atoms with Crippen molar-refractivity contribution in [1.29, 1.82) is 0 Å². The van der Waals surface area contributed by atoms with Crippen molar-refractivity contribution >= 4 is 35.7 Å². The van der Waals surface area contributed by atoms with Crippen molar-refractivity contribution in [2.45, 2.75) is 93.9 Å². The number of hydrogen-bond donors (Lipinski definition) is 2. The van der Waals surface area contributed by atoms with E-state index in [0.717, 1.165) is 66.4 Å². The van der Waals surface area contributed by atoms with Gasteiger partial charge < -0.3 is 10.0 Å². The second-order valence-corrected chi connectivity index (χ2v) is 17.8. The molecular weight excluding hydrogens is 702 g/mol. The minimum absolute atomic E-state index is 0.131. The first-order valence-electron chi connectivity index (χ1n) is 20.3. The van der Waals surface area contributed by atoms with E-state index in [1.807, 2.05) is 48.5 Å². The molecule has 0 aromatic heterocycles. The van der Waals surface area contributed by atoms with E-state index in [9.17, 15) is 10.0 Å². The maximum atomic E-state index is 11.2. The van der Waals surface area contributed by atoms with E-state index in [-0.39, 0.29) is 10.8 Å². The highest BCUT2D eigenvalue weighted by Crippen LogP contribution is 2.23. The van der Waals surface area contributed by atoms with Crippen LogP contribution in [0, 0.1) is 65.2 Å². The molecule has 58 heavy (non-hydrogen) atoms. The van der Waals surface area contributed by atoms with Gasteiger partial charge >= 0.3 is 13.8 Å². The maximum absolute atomic E-state index is 11.2. The molecule has 0 radical (unpaired) electrons. The molecule has 0 bridgehead atoms. The van der Waals surface area contributed by atoms with Crippen LogP contribution < -0.4 is 21.9 Å². The van der Waals surface area contributed by atoms with Crippen molar-refractivity contribution in [2.24, 2.45) is 0 Å². The van der Waals surface area contributed by atoms with Crippen molar-refractivity contribution < 1.29 is 10.0 Å². The Kier molecular flexibility index (Phi) is 13.8. The highest BCUT2D eigenvalue weighted by atomic mass is 16.2. The molecule has 0 saturated heterocycles. The zero-order valence-corrected chi connectivity index (χ0v) is 36.6. The van der Waals surface area contributed by atoms with Crippen LogP contribution in [-0.2, 0) is 10.8 Å². The van der Waals surface area contributed by atoms with Crippen LogP contribution in [0.3, 0.4) is 0 Å². The van der Waals surface area contributed by atoms with Crippen LogP contribution in [0.25, 0.3) is 0 Å². The minimum Gasteiger partial charge on any atom is -0.443 e. The number of benzene rings is 6. The van der Waals surface area contributed by atoms with Gasteiger partial charge in [0, 0.05) is 22.3 Å². The topological polar surface area (TPSA) is 40.5 Å². The van der Waals surface area contributed by atoms with Crippen LogP contribution in [-0.4, -0.2) is 23.9 Å². The van der Waals surface area contributed by atoms with Crippen LogP contribution in [0.4, 0.5) is 0 Å². The van der Waals surface area contributed by atoms with E-state index in [1.165, 1.54) is 22.3 Å². The van der Waals surface area contributed by atoms with Crippen molar-refractivity contribution in [3.63, 3.8) is 0 Å². The second-order valence-electron chi connectivity index (χ2n) is 17.8. The predicted molar refractivity (Wildman–Crippen MR) is 251 cm³/mol. The Bertz CT molecular complexity index is 2280. The Labute approximate surface area is 350 Å². The second kappa shape index (κ2) is 18.4. The molecule has 0 atom stereocenters. The molecule has 0 aliphatic carbocycles. The summed E-state index contributed by atoms with van der Waals surface area (Å²) < 4.78 is 0. The highest BCUT2D eigenvalue weighted by Gasteiger charge is 2.25. The lowest BCUT2D eigenvalue weighted by molar-refractivity contribution is 0.590. The first kappa shape index (κ1) is 43.6. The van der Waals surface area contributed by atoms with E-state index in [2.05, 4.69) is 180 Å². The fourth-order valence-corrected chi connectivity index (χ4v) is 7.64. The molecule has 292 valence electrons. The van der Waals surface area contributed by atoms with Crippen LogP contribution in [0.5, 0.6) is 0 Å². The first-order valence-corrected chi connectivity index (χ1v) is 20.3. The van der Waals surface area contributed by atoms with Crippen molar-refractivity contribution in [3.05, 3.63) is 188 Å². The summed E-state index contributed by atoms with van der Waals surface area (Å²) in [5.74, 6) is 13.1. The van der Waals surface area contributed by atoms with Gasteiger partial charge in [0.05, 0.1) is 0 Å². The molecule has 0 saturated carbocycles. The largest absolute Gasteiger partial charge is 0.443 e. The van der Waals surface area contributed by atoms with Gasteiger partial charge in [0.2, 0.25) is 0 Å². The normalized spacial score (nSPS) is 11.0. The molecule has 0 aliphatic rings. The zero-order chi connectivity index (χ0) is 42.4. The Morgan fingerprint density at radius 2 is 0.690 bits per heavy atom. The SMILES string of the molecule is Cc1cc(C)c(B(O)c2ccccc2C#Cc2ccc(C(C)(C)C)cc2)c(C)c1.Cc1cc(C)c(B(O)c2ccccc2C#Cc2ccc(C(C)(C)C)cc2)c(C)c1. The third-order valence-corrected chi connectivity index (χ3v) is 10.7. The van der Waals surface area contributed by atoms with Gasteiger partial charge in [0.15, 0.2) is 0 Å². The average Bonchev–Trinajstić information content (AvgIpc) is 3.15. The summed E-state index contributed by atoms with van der Waals surface area (Å²) in [6.45, 7) is 24.3. The van der Waals surface area contributed by atoms with E-state index in [0.29, 0.717) is 0 Å². The van der Waals surface area contributed by atoms with Gasteiger partial charge in [-0.15, -0.1) is 0 Å². The van der Waals surface area contributed by atoms with Gasteiger partial charge in [-0.1, -0.05) is 184 Å². The van der Waals surface area contributed by atoms with Crippen LogP contribution >= 0.6 is 0 Å². The third-order valence-electron chi connectivity index (χ3n) is 10.7. The Hall–Kier alpha value is -5.51. The number of rotatable bonds is 4. The van der Waals surface area contributed by atoms with Crippen LogP contribution in [0.15, 0.2) is 121 Å². The maximum Gasteiger partial charge on any atom is 0.360 e. The fraction of sp³-hybridized carbons (Fsp3) is 0.259. The molecule has 2 N–H and O–H groups in total. The molecule has 4 heteroatoms. The molecule has 6 rings (SSSR count). The van der Waals surface area contributed by atoms with Crippen LogP contribution in [0.2, 0.25) is 0 Å². The summed E-state index contributed by atoms with van der Waals surface area (Å²) >= 11 is 0. The highest BCUT2D eigenvalue weighted by molar-refractivity contribution is 6.80. The molecule has 0 unspecified atom stereocenters. The molecule has 2 nitrogen and oxygen atoms in total. The molecule has 0 fully saturated rings. The summed E-state index contributed by atoms with van der Waals surface area (Å²) in [6.07, 6.45) is 0. The van der Waals surface area contributed by atoms with Gasteiger partial charge in [0.1, 0.15) is 0 Å². The summed E-state index contributed by atoms with van der Waals surface area (Å²) in [5.41, 5.74) is 17.0. The van der Waals surface area contributed by atoms with Crippen molar-refractivity contribution in [2.75, 3.05) is 0 Å². The fourth-order valence-electron chi connectivity index (χ4n) is 7.64. The number of aryl methyl sites for hydroxylation is 6. The summed E-state index contributed by atoms with van der Waals surface area (Å²) in [4.78, 5) is 0. The predicted octanol–water partition coefficient (Wildman–Crippen LogP) is 8.81. The molecule has 0 amide bonds. The smallest absolute Gasteiger partial charge is 0.360 e. The van der Waals surface area contributed by atoms with Gasteiger partial charge in [-0.3, -0.25) is 0 Å². The minimum atomic E-state index is -0.690. The van der Waals surface area contributed by atoms with E-state index in [4.69, 9.17) is 0 Å². The summed E-state index contributed by atoms with van der Waals surface area (Å²) in [5, 5.41) is 22.4. The quantitative estimate of drug-likeness (QED) is 0.139. The molecule has 0 spiro atoms. The Morgan fingerprint density at radius 3 is 0.983 bits per heavy atom. The van der Waals surface area contributed by atoms with Gasteiger partial charge in [0.25, 0.3) is 0 Å². The van der Waals surface area contributed by atoms with E-state index >= 15 is 0 Å². The Morgan fingerprint density at radius 1 is 0.397 bits per heavy atom.